The maximum Gasteiger partial charge on any atom is 0.414 e. The molecule has 11 heteroatoms. The molecule has 0 spiro atoms. The predicted molar refractivity (Wildman–Crippen MR) is 182 cm³/mol. The fourth-order valence-electron chi connectivity index (χ4n) is 6.26. The number of carbonyl (C=O) groups is 4. The number of rotatable bonds is 7. The summed E-state index contributed by atoms with van der Waals surface area (Å²) in [6, 6.07) is 20.2. The Bertz CT molecular complexity index is 1800. The lowest BCUT2D eigenvalue weighted by Gasteiger charge is -2.25. The van der Waals surface area contributed by atoms with E-state index in [0.29, 0.717) is 12.8 Å². The third kappa shape index (κ3) is 7.64. The zero-order valence-corrected chi connectivity index (χ0v) is 27.5. The van der Waals surface area contributed by atoms with Crippen LogP contribution in [0.15, 0.2) is 60.7 Å². The number of carbonyl (C=O) groups excluding carboxylic acids is 2. The smallest absolute Gasteiger partial charge is 0.414 e. The number of likely N-dealkylation sites (N-methyl/N-ethyl adjacent to an activating group) is 2. The number of phenolic OH excluding ortho intramolecular Hbond substituents is 1. The number of likely N-dealkylation sites (tertiary alicyclic amines) is 2. The number of nitrogens with zero attached hydrogens (tertiary/aromatic N) is 3. The average Bonchev–Trinajstić information content (AvgIpc) is 3.78. The number of aryl methyl sites for hydroxylation is 1. The average molecular weight is 658 g/mol. The highest BCUT2D eigenvalue weighted by Gasteiger charge is 2.35. The topological polar surface area (TPSA) is 139 Å². The second-order valence-corrected chi connectivity index (χ2v) is 13.2. The second kappa shape index (κ2) is 14.4. The molecule has 1 unspecified atom stereocenters. The molecule has 47 heavy (non-hydrogen) atoms. The van der Waals surface area contributed by atoms with Gasteiger partial charge in [0.05, 0.1) is 0 Å². The summed E-state index contributed by atoms with van der Waals surface area (Å²) in [4.78, 5) is 50.2. The molecule has 1 aromatic heterocycles. The molecular formula is C36H39N3O7S. The summed E-state index contributed by atoms with van der Waals surface area (Å²) in [5.41, 5.74) is 7.15. The van der Waals surface area contributed by atoms with E-state index in [0.717, 1.165) is 34.3 Å². The first-order chi connectivity index (χ1) is 22.4. The van der Waals surface area contributed by atoms with Gasteiger partial charge in [-0.1, -0.05) is 30.3 Å². The van der Waals surface area contributed by atoms with E-state index < -0.39 is 18.0 Å². The Balaban J connectivity index is 0.000000662. The van der Waals surface area contributed by atoms with Gasteiger partial charge in [0, 0.05) is 42.3 Å². The summed E-state index contributed by atoms with van der Waals surface area (Å²) in [5.74, 6) is -3.42. The minimum Gasteiger partial charge on any atom is -0.508 e. The van der Waals surface area contributed by atoms with Gasteiger partial charge >= 0.3 is 11.9 Å². The molecule has 3 heterocycles. The van der Waals surface area contributed by atoms with Gasteiger partial charge in [0.2, 0.25) is 11.8 Å². The van der Waals surface area contributed by atoms with Crippen LogP contribution in [0.5, 0.6) is 5.75 Å². The Morgan fingerprint density at radius 1 is 0.957 bits per heavy atom. The molecular weight excluding hydrogens is 618 g/mol. The maximum absolute atomic E-state index is 13.1. The Hall–Kier alpha value is -4.74. The van der Waals surface area contributed by atoms with Crippen molar-refractivity contribution in [2.24, 2.45) is 0 Å². The van der Waals surface area contributed by atoms with Crippen molar-refractivity contribution in [3.8, 4) is 16.2 Å². The number of hydrogen-bond acceptors (Lipinski definition) is 7. The van der Waals surface area contributed by atoms with Gasteiger partial charge in [-0.15, -0.1) is 11.3 Å². The van der Waals surface area contributed by atoms with Crippen LogP contribution in [0.4, 0.5) is 5.69 Å². The van der Waals surface area contributed by atoms with Gasteiger partial charge in [0.15, 0.2) is 0 Å². The Kier molecular flexibility index (Phi) is 10.3. The number of amides is 2. The Morgan fingerprint density at radius 3 is 2.23 bits per heavy atom. The summed E-state index contributed by atoms with van der Waals surface area (Å²) in [6.45, 7) is 5.63. The molecule has 2 aliphatic heterocycles. The summed E-state index contributed by atoms with van der Waals surface area (Å²) < 4.78 is 1.06. The molecule has 2 fully saturated rings. The lowest BCUT2D eigenvalue weighted by molar-refractivity contribution is -0.159. The number of benzene rings is 3. The third-order valence-corrected chi connectivity index (χ3v) is 10.2. The van der Waals surface area contributed by atoms with E-state index in [1.54, 1.807) is 41.3 Å². The predicted octanol–water partition coefficient (Wildman–Crippen LogP) is 5.51. The van der Waals surface area contributed by atoms with Gasteiger partial charge in [-0.05, 0) is 109 Å². The number of hydrogen-bond donors (Lipinski definition) is 3. The first kappa shape index (κ1) is 33.6. The van der Waals surface area contributed by atoms with Crippen molar-refractivity contribution >= 4 is 50.9 Å². The van der Waals surface area contributed by atoms with Crippen LogP contribution in [0, 0.1) is 6.92 Å². The molecule has 3 aromatic carbocycles. The van der Waals surface area contributed by atoms with Crippen molar-refractivity contribution in [2.45, 2.75) is 51.6 Å². The zero-order chi connectivity index (χ0) is 33.8. The van der Waals surface area contributed by atoms with Gasteiger partial charge in [-0.25, -0.2) is 9.59 Å². The number of fused-ring (bicyclic) bond motifs is 1. The van der Waals surface area contributed by atoms with E-state index in [1.807, 2.05) is 24.3 Å². The number of aliphatic carboxylic acids is 2. The largest absolute Gasteiger partial charge is 0.508 e. The number of carboxylic acids is 2. The summed E-state index contributed by atoms with van der Waals surface area (Å²) in [5, 5.41) is 26.1. The third-order valence-electron chi connectivity index (χ3n) is 8.96. The highest BCUT2D eigenvalue weighted by atomic mass is 32.1. The first-order valence-electron chi connectivity index (χ1n) is 15.6. The summed E-state index contributed by atoms with van der Waals surface area (Å²) in [6.07, 6.45) is 4.38. The number of carboxylic acid groups (broad SMARTS) is 2. The minimum atomic E-state index is -1.82. The Morgan fingerprint density at radius 2 is 1.64 bits per heavy atom. The first-order valence-corrected chi connectivity index (χ1v) is 16.4. The SMILES string of the molecule is Cc1cc(Cc2c(-c3ccc(N(C)C(=O)C4CCC(=O)N4C)cc3)sc3cc(O)ccc23)ccc1CN1CCCC1.O=C(O)C(=O)O. The molecule has 0 bridgehead atoms. The van der Waals surface area contributed by atoms with Gasteiger partial charge in [0.25, 0.3) is 0 Å². The summed E-state index contributed by atoms with van der Waals surface area (Å²) >= 11 is 1.69. The van der Waals surface area contributed by atoms with E-state index in [2.05, 4.69) is 42.2 Å². The fraction of sp³-hybridized carbons (Fsp3) is 0.333. The molecule has 0 saturated carbocycles. The van der Waals surface area contributed by atoms with Crippen molar-refractivity contribution in [1.82, 2.24) is 9.80 Å². The van der Waals surface area contributed by atoms with E-state index in [9.17, 15) is 14.7 Å². The van der Waals surface area contributed by atoms with Crippen LogP contribution in [0.2, 0.25) is 0 Å². The van der Waals surface area contributed by atoms with E-state index >= 15 is 0 Å². The van der Waals surface area contributed by atoms with Crippen LogP contribution in [-0.2, 0) is 32.1 Å². The van der Waals surface area contributed by atoms with Crippen molar-refractivity contribution in [1.29, 1.82) is 0 Å². The van der Waals surface area contributed by atoms with Crippen LogP contribution in [0.3, 0.4) is 0 Å². The summed E-state index contributed by atoms with van der Waals surface area (Å²) in [7, 11) is 3.48. The number of thiophene rings is 1. The maximum atomic E-state index is 13.1. The molecule has 3 N–H and O–H groups in total. The van der Waals surface area contributed by atoms with Crippen molar-refractivity contribution in [2.75, 3.05) is 32.1 Å². The van der Waals surface area contributed by atoms with Crippen LogP contribution >= 0.6 is 11.3 Å². The minimum absolute atomic E-state index is 0.0202. The van der Waals surface area contributed by atoms with Gasteiger partial charge < -0.3 is 25.1 Å². The van der Waals surface area contributed by atoms with E-state index in [1.165, 1.54) is 53.1 Å². The highest BCUT2D eigenvalue weighted by Crippen LogP contribution is 2.41. The van der Waals surface area contributed by atoms with Gasteiger partial charge in [0.1, 0.15) is 11.8 Å². The normalized spacial score (nSPS) is 16.3. The number of aromatic hydroxyl groups is 1. The quantitative estimate of drug-likeness (QED) is 0.221. The van der Waals surface area contributed by atoms with Crippen molar-refractivity contribution < 1.29 is 34.5 Å². The Labute approximate surface area is 277 Å². The highest BCUT2D eigenvalue weighted by molar-refractivity contribution is 7.22. The van der Waals surface area contributed by atoms with Gasteiger partial charge in [-0.2, -0.15) is 0 Å². The van der Waals surface area contributed by atoms with Crippen LogP contribution in [0.1, 0.15) is 47.9 Å². The van der Waals surface area contributed by atoms with Crippen LogP contribution in [0.25, 0.3) is 20.5 Å². The lowest BCUT2D eigenvalue weighted by Crippen LogP contribution is -2.43. The second-order valence-electron chi connectivity index (χ2n) is 12.1. The van der Waals surface area contributed by atoms with E-state index in [-0.39, 0.29) is 17.6 Å². The molecule has 6 rings (SSSR count). The van der Waals surface area contributed by atoms with E-state index in [4.69, 9.17) is 19.8 Å². The van der Waals surface area contributed by atoms with Crippen LogP contribution < -0.4 is 4.90 Å². The molecule has 2 saturated heterocycles. The fourth-order valence-corrected chi connectivity index (χ4v) is 7.52. The molecule has 10 nitrogen and oxygen atoms in total. The molecule has 1 atom stereocenters. The van der Waals surface area contributed by atoms with Crippen LogP contribution in [-0.4, -0.2) is 82.1 Å². The van der Waals surface area contributed by atoms with Crippen molar-refractivity contribution in [3.63, 3.8) is 0 Å². The molecule has 2 amide bonds. The molecule has 2 aliphatic rings. The monoisotopic (exact) mass is 657 g/mol. The number of phenols is 1. The van der Waals surface area contributed by atoms with Crippen molar-refractivity contribution in [3.05, 3.63) is 82.9 Å². The molecule has 4 aromatic rings. The zero-order valence-electron chi connectivity index (χ0n) is 26.7. The molecule has 0 radical (unpaired) electrons. The molecule has 0 aliphatic carbocycles. The number of anilines is 1. The standard InChI is InChI=1S/C34H37N3O3S.C2H2O4/c1-22-18-23(6-7-25(22)21-37-16-4-5-17-37)19-29-28-13-12-27(38)20-31(28)41-33(29)24-8-10-26(11-9-24)35(2)34(40)30-14-15-32(39)36(30)3;3-1(4)2(5)6/h6-13,18,20,30,38H,4-5,14-17,19,21H2,1-3H3;(H,3,4)(H,5,6). The van der Waals surface area contributed by atoms with Gasteiger partial charge in [-0.3, -0.25) is 14.5 Å². The molecule has 246 valence electrons. The lowest BCUT2D eigenvalue weighted by atomic mass is 9.96.